The number of nitrogens with one attached hydrogen (secondary N) is 1. The van der Waals surface area contributed by atoms with Crippen LogP contribution in [0.15, 0.2) is 76.8 Å². The molecule has 0 aromatic heterocycles. The third-order valence-corrected chi connectivity index (χ3v) is 6.01. The molecule has 0 radical (unpaired) electrons. The molecule has 1 N–H and O–H groups in total. The molecule has 10 heteroatoms. The van der Waals surface area contributed by atoms with Gasteiger partial charge in [0.1, 0.15) is 5.57 Å². The number of urea groups is 1. The number of nitrogens with zero attached hydrogens (tertiary/aromatic N) is 2. The summed E-state index contributed by atoms with van der Waals surface area (Å²) in [5, 5.41) is 13.8. The lowest BCUT2D eigenvalue weighted by atomic mass is 9.97. The molecule has 0 saturated carbocycles. The molecule has 8 nitrogen and oxygen atoms in total. The summed E-state index contributed by atoms with van der Waals surface area (Å²) in [6, 6.07) is 16.8. The van der Waals surface area contributed by atoms with Gasteiger partial charge in [0.15, 0.2) is 0 Å². The monoisotopic (exact) mass is 539 g/mol. The highest BCUT2D eigenvalue weighted by Crippen LogP contribution is 2.28. The van der Waals surface area contributed by atoms with E-state index in [1.807, 2.05) is 30.3 Å². The Labute approximate surface area is 207 Å². The number of nitro groups is 1. The maximum absolute atomic E-state index is 13.2. The molecule has 1 saturated heterocycles. The topological polar surface area (TPSA) is 110 Å². The summed E-state index contributed by atoms with van der Waals surface area (Å²) < 4.78 is 0.720. The van der Waals surface area contributed by atoms with Crippen LogP contribution in [0.4, 0.5) is 16.2 Å². The van der Waals surface area contributed by atoms with Gasteiger partial charge in [0.25, 0.3) is 17.5 Å². The average molecular weight is 541 g/mol. The lowest BCUT2D eigenvalue weighted by molar-refractivity contribution is -0.384. The van der Waals surface area contributed by atoms with Crippen molar-refractivity contribution in [3.63, 3.8) is 0 Å². The van der Waals surface area contributed by atoms with E-state index < -0.39 is 22.8 Å². The zero-order valence-electron chi connectivity index (χ0n) is 17.3. The fraction of sp³-hybridized carbons (Fsp3) is 0.0417. The van der Waals surface area contributed by atoms with Gasteiger partial charge in [-0.05, 0) is 53.5 Å². The summed E-state index contributed by atoms with van der Waals surface area (Å²) in [7, 11) is 0. The van der Waals surface area contributed by atoms with Gasteiger partial charge < -0.3 is 0 Å². The first-order chi connectivity index (χ1) is 16.2. The van der Waals surface area contributed by atoms with Crippen LogP contribution in [0.2, 0.25) is 5.02 Å². The van der Waals surface area contributed by atoms with Gasteiger partial charge in [0.05, 0.1) is 10.6 Å². The zero-order valence-corrected chi connectivity index (χ0v) is 19.7. The molecule has 0 aliphatic carbocycles. The van der Waals surface area contributed by atoms with Crippen molar-refractivity contribution in [2.45, 2.75) is 6.42 Å². The molecule has 1 heterocycles. The zero-order chi connectivity index (χ0) is 24.4. The summed E-state index contributed by atoms with van der Waals surface area (Å²) in [5.74, 6) is -1.75. The van der Waals surface area contributed by atoms with E-state index in [0.717, 1.165) is 21.7 Å². The highest BCUT2D eigenvalue weighted by molar-refractivity contribution is 9.10. The molecule has 1 aliphatic heterocycles. The summed E-state index contributed by atoms with van der Waals surface area (Å²) in [6.45, 7) is 0. The van der Waals surface area contributed by atoms with Gasteiger partial charge in [-0.2, -0.15) is 0 Å². The van der Waals surface area contributed by atoms with Gasteiger partial charge in [0.2, 0.25) is 0 Å². The number of benzene rings is 3. The number of barbiturate groups is 1. The Morgan fingerprint density at radius 3 is 2.50 bits per heavy atom. The van der Waals surface area contributed by atoms with Crippen LogP contribution < -0.4 is 10.2 Å². The normalized spacial score (nSPS) is 14.9. The minimum Gasteiger partial charge on any atom is -0.273 e. The third-order valence-electron chi connectivity index (χ3n) is 5.15. The minimum atomic E-state index is -0.988. The molecule has 1 fully saturated rings. The van der Waals surface area contributed by atoms with E-state index in [1.165, 1.54) is 24.3 Å². The number of non-ortho nitro benzene ring substituents is 1. The first-order valence-corrected chi connectivity index (χ1v) is 11.1. The van der Waals surface area contributed by atoms with E-state index in [-0.39, 0.29) is 16.9 Å². The fourth-order valence-corrected chi connectivity index (χ4v) is 4.08. The van der Waals surface area contributed by atoms with Crippen LogP contribution in [0.25, 0.3) is 6.08 Å². The Hall–Kier alpha value is -3.82. The van der Waals surface area contributed by atoms with Crippen LogP contribution in [0, 0.1) is 10.1 Å². The lowest BCUT2D eigenvalue weighted by Gasteiger charge is -2.26. The number of hydrogen-bond acceptors (Lipinski definition) is 5. The van der Waals surface area contributed by atoms with E-state index in [2.05, 4.69) is 21.2 Å². The maximum atomic E-state index is 13.2. The highest BCUT2D eigenvalue weighted by Gasteiger charge is 2.37. The molecule has 170 valence electrons. The minimum absolute atomic E-state index is 0.0272. The van der Waals surface area contributed by atoms with Crippen molar-refractivity contribution in [3.05, 3.63) is 109 Å². The summed E-state index contributed by atoms with van der Waals surface area (Å²) in [6.07, 6.45) is 1.83. The fourth-order valence-electron chi connectivity index (χ4n) is 3.50. The molecule has 0 bridgehead atoms. The van der Waals surface area contributed by atoms with Crippen molar-refractivity contribution in [1.29, 1.82) is 0 Å². The molecule has 3 aromatic carbocycles. The first kappa shape index (κ1) is 23.3. The Balaban J connectivity index is 1.76. The molecular formula is C24H15BrClN3O5. The molecule has 34 heavy (non-hydrogen) atoms. The molecule has 1 aliphatic rings. The number of hydrogen-bond donors (Lipinski definition) is 1. The summed E-state index contributed by atoms with van der Waals surface area (Å²) in [4.78, 5) is 49.4. The summed E-state index contributed by atoms with van der Waals surface area (Å²) >= 11 is 9.70. The van der Waals surface area contributed by atoms with Crippen LogP contribution in [-0.2, 0) is 16.0 Å². The Morgan fingerprint density at radius 1 is 1.00 bits per heavy atom. The van der Waals surface area contributed by atoms with Crippen molar-refractivity contribution in [1.82, 2.24) is 5.32 Å². The molecular weight excluding hydrogens is 526 g/mol. The number of carbonyl (C=O) groups excluding carboxylic acids is 3. The maximum Gasteiger partial charge on any atom is 0.335 e. The van der Waals surface area contributed by atoms with E-state index in [9.17, 15) is 24.5 Å². The first-order valence-electron chi connectivity index (χ1n) is 9.92. The van der Waals surface area contributed by atoms with Crippen molar-refractivity contribution in [3.8, 4) is 0 Å². The molecule has 4 amide bonds. The molecule has 4 rings (SSSR count). The SMILES string of the molecule is O=C1NC(=O)N(c2cccc([N+](=O)[O-])c2)C(=O)/C1=C/c1cc(Br)ccc1Cc1ccccc1Cl. The number of nitro benzene ring substituents is 1. The van der Waals surface area contributed by atoms with Crippen molar-refractivity contribution >= 4 is 62.8 Å². The highest BCUT2D eigenvalue weighted by atomic mass is 79.9. The standard InChI is InChI=1S/C24H15BrClN3O5/c25-17-9-8-14(10-15-4-1-2-7-21(15)26)16(11-17)12-20-22(30)27-24(32)28(23(20)31)18-5-3-6-19(13-18)29(33)34/h1-9,11-13H,10H2,(H,27,30,32)/b20-12+. The smallest absolute Gasteiger partial charge is 0.273 e. The van der Waals surface area contributed by atoms with Crippen LogP contribution in [0.1, 0.15) is 16.7 Å². The third kappa shape index (κ3) is 4.75. The predicted octanol–water partition coefficient (Wildman–Crippen LogP) is 5.27. The number of anilines is 1. The number of halogens is 2. The second kappa shape index (κ2) is 9.58. The largest absolute Gasteiger partial charge is 0.335 e. The Kier molecular flexibility index (Phi) is 6.58. The quantitative estimate of drug-likeness (QED) is 0.205. The molecule has 3 aromatic rings. The number of rotatable bonds is 5. The Bertz CT molecular complexity index is 1390. The van der Waals surface area contributed by atoms with E-state index >= 15 is 0 Å². The van der Waals surface area contributed by atoms with Crippen LogP contribution in [0.3, 0.4) is 0 Å². The van der Waals surface area contributed by atoms with E-state index in [4.69, 9.17) is 11.6 Å². The Morgan fingerprint density at radius 2 is 1.76 bits per heavy atom. The second-order valence-electron chi connectivity index (χ2n) is 7.35. The number of amides is 4. The van der Waals surface area contributed by atoms with Crippen molar-refractivity contribution in [2.24, 2.45) is 0 Å². The second-order valence-corrected chi connectivity index (χ2v) is 8.67. The average Bonchev–Trinajstić information content (AvgIpc) is 2.79. The van der Waals surface area contributed by atoms with Gasteiger partial charge in [-0.25, -0.2) is 9.69 Å². The van der Waals surface area contributed by atoms with Gasteiger partial charge >= 0.3 is 6.03 Å². The van der Waals surface area contributed by atoms with Crippen molar-refractivity contribution in [2.75, 3.05) is 4.90 Å². The van der Waals surface area contributed by atoms with Crippen molar-refractivity contribution < 1.29 is 19.3 Å². The lowest BCUT2D eigenvalue weighted by Crippen LogP contribution is -2.54. The predicted molar refractivity (Wildman–Crippen MR) is 130 cm³/mol. The van der Waals surface area contributed by atoms with Crippen LogP contribution >= 0.6 is 27.5 Å². The molecule has 0 atom stereocenters. The van der Waals surface area contributed by atoms with Crippen LogP contribution in [-0.4, -0.2) is 22.8 Å². The number of carbonyl (C=O) groups is 3. The van der Waals surface area contributed by atoms with Gasteiger partial charge in [0, 0.05) is 21.6 Å². The number of imide groups is 2. The summed E-state index contributed by atoms with van der Waals surface area (Å²) in [5.41, 5.74) is 1.61. The van der Waals surface area contributed by atoms with Gasteiger partial charge in [-0.15, -0.1) is 0 Å². The molecule has 0 spiro atoms. The van der Waals surface area contributed by atoms with Crippen LogP contribution in [0.5, 0.6) is 0 Å². The van der Waals surface area contributed by atoms with Gasteiger partial charge in [-0.3, -0.25) is 25.0 Å². The van der Waals surface area contributed by atoms with E-state index in [1.54, 1.807) is 12.1 Å². The van der Waals surface area contributed by atoms with E-state index in [0.29, 0.717) is 21.9 Å². The molecule has 0 unspecified atom stereocenters. The van der Waals surface area contributed by atoms with Gasteiger partial charge in [-0.1, -0.05) is 57.9 Å².